The van der Waals surface area contributed by atoms with Gasteiger partial charge < -0.3 is 15.3 Å². The van der Waals surface area contributed by atoms with Crippen LogP contribution in [-0.4, -0.2) is 34.7 Å². The maximum Gasteiger partial charge on any atom is 0.321 e. The molecular formula is C13H14ClFN2O2. The van der Waals surface area contributed by atoms with Crippen LogP contribution in [0.3, 0.4) is 0 Å². The van der Waals surface area contributed by atoms with Crippen LogP contribution in [0.2, 0.25) is 5.02 Å². The number of rotatable bonds is 1. The number of halogens is 2. The summed E-state index contributed by atoms with van der Waals surface area (Å²) in [6.45, 7) is 1.01. The number of nitrogens with zero attached hydrogens (tertiary/aromatic N) is 1. The summed E-state index contributed by atoms with van der Waals surface area (Å²) in [6, 6.07) is 3.67. The maximum absolute atomic E-state index is 13.5. The van der Waals surface area contributed by atoms with Crippen molar-refractivity contribution in [2.45, 2.75) is 18.4 Å². The van der Waals surface area contributed by atoms with Crippen molar-refractivity contribution < 1.29 is 14.3 Å². The van der Waals surface area contributed by atoms with Gasteiger partial charge in [-0.3, -0.25) is 0 Å². The number of carbonyl (C=O) groups is 1. The van der Waals surface area contributed by atoms with Gasteiger partial charge in [0.05, 0.1) is 11.3 Å². The quantitative estimate of drug-likeness (QED) is 0.832. The van der Waals surface area contributed by atoms with Crippen LogP contribution in [0.5, 0.6) is 0 Å². The predicted molar refractivity (Wildman–Crippen MR) is 69.7 cm³/mol. The van der Waals surface area contributed by atoms with Crippen LogP contribution in [-0.2, 0) is 0 Å². The molecule has 6 heteroatoms. The second kappa shape index (κ2) is 4.35. The van der Waals surface area contributed by atoms with Gasteiger partial charge in [-0.05, 0) is 31.0 Å². The van der Waals surface area contributed by atoms with Crippen molar-refractivity contribution in [1.82, 2.24) is 4.90 Å². The third-order valence-corrected chi connectivity index (χ3v) is 4.15. The zero-order chi connectivity index (χ0) is 13.6. The average molecular weight is 285 g/mol. The molecule has 1 aromatic rings. The predicted octanol–water partition coefficient (Wildman–Crippen LogP) is 2.47. The van der Waals surface area contributed by atoms with E-state index in [4.69, 9.17) is 11.6 Å². The molecule has 2 fully saturated rings. The topological polar surface area (TPSA) is 52.6 Å². The molecule has 1 saturated heterocycles. The summed E-state index contributed by atoms with van der Waals surface area (Å²) in [5, 5.41) is 12.8. The van der Waals surface area contributed by atoms with Gasteiger partial charge in [-0.2, -0.15) is 0 Å². The van der Waals surface area contributed by atoms with E-state index >= 15 is 0 Å². The van der Waals surface area contributed by atoms with Gasteiger partial charge in [-0.1, -0.05) is 11.6 Å². The normalized spacial score (nSPS) is 28.8. The Kier molecular flexibility index (Phi) is 2.91. The Morgan fingerprint density at radius 3 is 3.11 bits per heavy atom. The second-order valence-electron chi connectivity index (χ2n) is 5.25. The van der Waals surface area contributed by atoms with Crippen molar-refractivity contribution in [1.29, 1.82) is 0 Å². The van der Waals surface area contributed by atoms with Crippen LogP contribution in [0, 0.1) is 11.7 Å². The Morgan fingerprint density at radius 2 is 2.37 bits per heavy atom. The van der Waals surface area contributed by atoms with Gasteiger partial charge in [0.2, 0.25) is 0 Å². The highest BCUT2D eigenvalue weighted by atomic mass is 35.5. The van der Waals surface area contributed by atoms with E-state index in [-0.39, 0.29) is 17.6 Å². The molecule has 0 bridgehead atoms. The number of benzene rings is 1. The Morgan fingerprint density at radius 1 is 1.58 bits per heavy atom. The molecule has 1 aromatic carbocycles. The summed E-state index contributed by atoms with van der Waals surface area (Å²) >= 11 is 5.77. The molecule has 2 amide bonds. The number of likely N-dealkylation sites (tertiary alicyclic amines) is 1. The molecular weight excluding hydrogens is 271 g/mol. The van der Waals surface area contributed by atoms with Crippen LogP contribution in [0.25, 0.3) is 0 Å². The lowest BCUT2D eigenvalue weighted by Crippen LogP contribution is -2.43. The minimum atomic E-state index is -0.557. The molecule has 1 heterocycles. The molecule has 0 radical (unpaired) electrons. The SMILES string of the molecule is O=C(Nc1cc(Cl)ccc1F)N1CC[C@@]2(O)C[C@H]2C1. The fourth-order valence-electron chi connectivity index (χ4n) is 2.57. The van der Waals surface area contributed by atoms with Crippen LogP contribution in [0.15, 0.2) is 18.2 Å². The molecule has 1 saturated carbocycles. The Hall–Kier alpha value is -1.33. The minimum Gasteiger partial charge on any atom is -0.389 e. The van der Waals surface area contributed by atoms with Gasteiger partial charge in [0.15, 0.2) is 0 Å². The van der Waals surface area contributed by atoms with Crippen molar-refractivity contribution in [3.8, 4) is 0 Å². The van der Waals surface area contributed by atoms with Crippen molar-refractivity contribution in [3.63, 3.8) is 0 Å². The van der Waals surface area contributed by atoms with E-state index in [2.05, 4.69) is 5.32 Å². The third kappa shape index (κ3) is 2.40. The number of hydrogen-bond donors (Lipinski definition) is 2. The maximum atomic E-state index is 13.5. The number of urea groups is 1. The number of nitrogens with one attached hydrogen (secondary N) is 1. The summed E-state index contributed by atoms with van der Waals surface area (Å²) in [7, 11) is 0. The van der Waals surface area contributed by atoms with E-state index < -0.39 is 11.4 Å². The number of anilines is 1. The van der Waals surface area contributed by atoms with Gasteiger partial charge in [0, 0.05) is 24.0 Å². The zero-order valence-electron chi connectivity index (χ0n) is 10.2. The molecule has 1 aliphatic heterocycles. The molecule has 0 aromatic heterocycles. The van der Waals surface area contributed by atoms with Crippen molar-refractivity contribution in [2.75, 3.05) is 18.4 Å². The van der Waals surface area contributed by atoms with Crippen LogP contribution >= 0.6 is 11.6 Å². The Labute approximate surface area is 115 Å². The summed E-state index contributed by atoms with van der Waals surface area (Å²) in [5.41, 5.74) is -0.480. The minimum absolute atomic E-state index is 0.0779. The molecule has 0 spiro atoms. The van der Waals surface area contributed by atoms with Gasteiger partial charge in [0.1, 0.15) is 5.82 Å². The van der Waals surface area contributed by atoms with Crippen LogP contribution in [0.1, 0.15) is 12.8 Å². The number of carbonyl (C=O) groups excluding carboxylic acids is 1. The van der Waals surface area contributed by atoms with E-state index in [0.717, 1.165) is 6.42 Å². The lowest BCUT2D eigenvalue weighted by atomic mass is 10.1. The molecule has 0 unspecified atom stereocenters. The lowest BCUT2D eigenvalue weighted by Gasteiger charge is -2.29. The van der Waals surface area contributed by atoms with Crippen LogP contribution < -0.4 is 5.32 Å². The summed E-state index contributed by atoms with van der Waals surface area (Å²) in [4.78, 5) is 13.6. The van der Waals surface area contributed by atoms with Crippen molar-refractivity contribution in [3.05, 3.63) is 29.0 Å². The Bertz CT molecular complexity index is 539. The van der Waals surface area contributed by atoms with Gasteiger partial charge in [0.25, 0.3) is 0 Å². The molecule has 4 nitrogen and oxygen atoms in total. The lowest BCUT2D eigenvalue weighted by molar-refractivity contribution is 0.0773. The van der Waals surface area contributed by atoms with Crippen molar-refractivity contribution in [2.24, 2.45) is 5.92 Å². The zero-order valence-corrected chi connectivity index (χ0v) is 11.0. The average Bonchev–Trinajstić information content (AvgIpc) is 3.04. The first-order valence-corrected chi connectivity index (χ1v) is 6.59. The monoisotopic (exact) mass is 284 g/mol. The highest BCUT2D eigenvalue weighted by Gasteiger charge is 2.56. The largest absolute Gasteiger partial charge is 0.389 e. The number of piperidine rings is 1. The molecule has 102 valence electrons. The fourth-order valence-corrected chi connectivity index (χ4v) is 2.74. The summed E-state index contributed by atoms with van der Waals surface area (Å²) in [5.74, 6) is -0.353. The van der Waals surface area contributed by atoms with E-state index in [9.17, 15) is 14.3 Å². The van der Waals surface area contributed by atoms with E-state index in [0.29, 0.717) is 24.5 Å². The smallest absolute Gasteiger partial charge is 0.321 e. The van der Waals surface area contributed by atoms with E-state index in [1.807, 2.05) is 0 Å². The number of aliphatic hydroxyl groups is 1. The first-order chi connectivity index (χ1) is 8.98. The fraction of sp³-hybridized carbons (Fsp3) is 0.462. The first kappa shape index (κ1) is 12.7. The molecule has 2 atom stereocenters. The van der Waals surface area contributed by atoms with E-state index in [1.54, 1.807) is 4.90 Å². The molecule has 1 aliphatic carbocycles. The van der Waals surface area contributed by atoms with Crippen molar-refractivity contribution >= 4 is 23.3 Å². The number of amides is 2. The summed E-state index contributed by atoms with van der Waals surface area (Å²) < 4.78 is 13.5. The van der Waals surface area contributed by atoms with Gasteiger partial charge in [-0.15, -0.1) is 0 Å². The van der Waals surface area contributed by atoms with Gasteiger partial charge in [-0.25, -0.2) is 9.18 Å². The molecule has 2 aliphatic rings. The molecule has 3 rings (SSSR count). The van der Waals surface area contributed by atoms with Crippen LogP contribution in [0.4, 0.5) is 14.9 Å². The third-order valence-electron chi connectivity index (χ3n) is 3.91. The molecule has 19 heavy (non-hydrogen) atoms. The highest BCUT2D eigenvalue weighted by Crippen LogP contribution is 2.49. The Balaban J connectivity index is 1.67. The summed E-state index contributed by atoms with van der Waals surface area (Å²) in [6.07, 6.45) is 1.34. The standard InChI is InChI=1S/C13H14ClFN2O2/c14-9-1-2-10(15)11(5-9)16-12(18)17-4-3-13(19)6-8(13)7-17/h1-2,5,8,19H,3-4,6-7H2,(H,16,18)/t8-,13+/m0/s1. The number of fused-ring (bicyclic) bond motifs is 1. The second-order valence-corrected chi connectivity index (χ2v) is 5.69. The van der Waals surface area contributed by atoms with E-state index in [1.165, 1.54) is 18.2 Å². The highest BCUT2D eigenvalue weighted by molar-refractivity contribution is 6.30. The molecule has 2 N–H and O–H groups in total. The first-order valence-electron chi connectivity index (χ1n) is 6.21. The van der Waals surface area contributed by atoms with Gasteiger partial charge >= 0.3 is 6.03 Å². The number of hydrogen-bond acceptors (Lipinski definition) is 2.